The van der Waals surface area contributed by atoms with Crippen molar-refractivity contribution in [3.63, 3.8) is 0 Å². The fourth-order valence-corrected chi connectivity index (χ4v) is 4.16. The fourth-order valence-electron chi connectivity index (χ4n) is 4.16. The summed E-state index contributed by atoms with van der Waals surface area (Å²) >= 11 is 0. The van der Waals surface area contributed by atoms with E-state index in [2.05, 4.69) is 27.2 Å². The molecule has 5 rings (SSSR count). The van der Waals surface area contributed by atoms with Gasteiger partial charge in [0.2, 0.25) is 5.82 Å². The van der Waals surface area contributed by atoms with Gasteiger partial charge in [-0.1, -0.05) is 41.6 Å². The van der Waals surface area contributed by atoms with Crippen molar-refractivity contribution in [3.8, 4) is 34.3 Å². The summed E-state index contributed by atoms with van der Waals surface area (Å²) in [5, 5.41) is 4.11. The largest absolute Gasteiger partial charge is 0.490 e. The van der Waals surface area contributed by atoms with Gasteiger partial charge in [-0.15, -0.1) is 0 Å². The van der Waals surface area contributed by atoms with Crippen LogP contribution in [0.15, 0.2) is 83.4 Å². The van der Waals surface area contributed by atoms with E-state index in [-0.39, 0.29) is 12.5 Å². The van der Waals surface area contributed by atoms with Gasteiger partial charge in [-0.2, -0.15) is 4.98 Å². The predicted molar refractivity (Wildman–Crippen MR) is 137 cm³/mol. The Hall–Kier alpha value is -4.33. The maximum atomic E-state index is 12.8. The Morgan fingerprint density at radius 3 is 2.31 bits per heavy atom. The number of nitrogens with zero attached hydrogens (tertiary/aromatic N) is 4. The van der Waals surface area contributed by atoms with E-state index >= 15 is 0 Å². The molecule has 8 nitrogen and oxygen atoms in total. The van der Waals surface area contributed by atoms with Gasteiger partial charge < -0.3 is 23.8 Å². The highest BCUT2D eigenvalue weighted by molar-refractivity contribution is 5.78. The van der Waals surface area contributed by atoms with Gasteiger partial charge in [-0.25, -0.2) is 0 Å². The van der Waals surface area contributed by atoms with Crippen molar-refractivity contribution in [1.82, 2.24) is 15.0 Å². The van der Waals surface area contributed by atoms with Gasteiger partial charge in [0, 0.05) is 43.0 Å². The van der Waals surface area contributed by atoms with E-state index in [1.54, 1.807) is 6.07 Å². The number of aromatic nitrogens is 2. The van der Waals surface area contributed by atoms with Crippen LogP contribution in [-0.4, -0.2) is 60.3 Å². The van der Waals surface area contributed by atoms with E-state index in [0.29, 0.717) is 42.9 Å². The van der Waals surface area contributed by atoms with Crippen LogP contribution in [0.1, 0.15) is 6.92 Å². The Morgan fingerprint density at radius 1 is 0.861 bits per heavy atom. The third-order valence-electron chi connectivity index (χ3n) is 6.05. The van der Waals surface area contributed by atoms with Crippen molar-refractivity contribution in [2.75, 3.05) is 44.3 Å². The van der Waals surface area contributed by atoms with E-state index in [1.807, 2.05) is 72.5 Å². The molecule has 0 bridgehead atoms. The molecule has 0 radical (unpaired) electrons. The zero-order valence-corrected chi connectivity index (χ0v) is 20.2. The molecule has 0 unspecified atom stereocenters. The lowest BCUT2D eigenvalue weighted by molar-refractivity contribution is -0.133. The number of rotatable bonds is 8. The smallest absolute Gasteiger partial charge is 0.260 e. The molecule has 1 amide bonds. The molecule has 3 aromatic carbocycles. The first-order chi connectivity index (χ1) is 17.7. The van der Waals surface area contributed by atoms with Gasteiger partial charge in [0.15, 0.2) is 18.1 Å². The standard InChI is InChI=1S/C28H28N4O4/c1-2-34-25-19-22(27-29-28(36-30-27)21-9-5-3-6-10-21)13-14-24(25)35-20-26(33)32-17-15-31(16-18-32)23-11-7-4-8-12-23/h3-14,19H,2,15-18,20H2,1H3. The fraction of sp³-hybridized carbons (Fsp3) is 0.250. The molecule has 0 aliphatic carbocycles. The monoisotopic (exact) mass is 484 g/mol. The Bertz CT molecular complexity index is 1290. The van der Waals surface area contributed by atoms with E-state index < -0.39 is 0 Å². The van der Waals surface area contributed by atoms with Crippen LogP contribution in [0.3, 0.4) is 0 Å². The van der Waals surface area contributed by atoms with Crippen LogP contribution in [0, 0.1) is 0 Å². The number of hydrogen-bond donors (Lipinski definition) is 0. The molecular formula is C28H28N4O4. The molecule has 1 fully saturated rings. The quantitative estimate of drug-likeness (QED) is 0.363. The van der Waals surface area contributed by atoms with Crippen molar-refractivity contribution in [1.29, 1.82) is 0 Å². The third-order valence-corrected chi connectivity index (χ3v) is 6.05. The number of ether oxygens (including phenoxy) is 2. The summed E-state index contributed by atoms with van der Waals surface area (Å²) in [6.45, 7) is 5.22. The van der Waals surface area contributed by atoms with Gasteiger partial charge >= 0.3 is 0 Å². The number of hydrogen-bond acceptors (Lipinski definition) is 7. The van der Waals surface area contributed by atoms with Crippen molar-refractivity contribution in [3.05, 3.63) is 78.9 Å². The average Bonchev–Trinajstić information content (AvgIpc) is 3.44. The van der Waals surface area contributed by atoms with Crippen LogP contribution in [0.2, 0.25) is 0 Å². The number of amides is 1. The Labute approximate surface area is 210 Å². The summed E-state index contributed by atoms with van der Waals surface area (Å²) in [5.74, 6) is 1.89. The lowest BCUT2D eigenvalue weighted by atomic mass is 10.2. The highest BCUT2D eigenvalue weighted by Crippen LogP contribution is 2.33. The minimum atomic E-state index is -0.0505. The maximum Gasteiger partial charge on any atom is 0.260 e. The first kappa shape index (κ1) is 23.4. The number of anilines is 1. The highest BCUT2D eigenvalue weighted by Gasteiger charge is 2.22. The van der Waals surface area contributed by atoms with Gasteiger partial charge in [0.1, 0.15) is 0 Å². The summed E-state index contributed by atoms with van der Waals surface area (Å²) in [4.78, 5) is 21.5. The molecule has 1 aliphatic rings. The molecule has 4 aromatic rings. The first-order valence-electron chi connectivity index (χ1n) is 12.1. The number of piperazine rings is 1. The zero-order valence-electron chi connectivity index (χ0n) is 20.2. The molecule has 184 valence electrons. The lowest BCUT2D eigenvalue weighted by Crippen LogP contribution is -2.50. The van der Waals surface area contributed by atoms with Crippen LogP contribution in [0.5, 0.6) is 11.5 Å². The van der Waals surface area contributed by atoms with Crippen LogP contribution in [0.4, 0.5) is 5.69 Å². The van der Waals surface area contributed by atoms with Crippen LogP contribution >= 0.6 is 0 Å². The molecule has 1 saturated heterocycles. The van der Waals surface area contributed by atoms with Crippen molar-refractivity contribution < 1.29 is 18.8 Å². The summed E-state index contributed by atoms with van der Waals surface area (Å²) in [6, 6.07) is 25.3. The zero-order chi connectivity index (χ0) is 24.7. The third kappa shape index (κ3) is 5.33. The SMILES string of the molecule is CCOc1cc(-c2noc(-c3ccccc3)n2)ccc1OCC(=O)N1CCN(c2ccccc2)CC1. The van der Waals surface area contributed by atoms with Gasteiger partial charge in [0.05, 0.1) is 6.61 Å². The first-order valence-corrected chi connectivity index (χ1v) is 12.1. The molecule has 36 heavy (non-hydrogen) atoms. The summed E-state index contributed by atoms with van der Waals surface area (Å²) < 4.78 is 17.1. The summed E-state index contributed by atoms with van der Waals surface area (Å²) in [7, 11) is 0. The molecule has 2 heterocycles. The van der Waals surface area contributed by atoms with E-state index in [0.717, 1.165) is 24.2 Å². The summed E-state index contributed by atoms with van der Waals surface area (Å²) in [5.41, 5.74) is 2.77. The molecule has 8 heteroatoms. The maximum absolute atomic E-state index is 12.8. The van der Waals surface area contributed by atoms with Crippen LogP contribution in [-0.2, 0) is 4.79 Å². The van der Waals surface area contributed by atoms with Gasteiger partial charge in [0.25, 0.3) is 11.8 Å². The molecule has 0 spiro atoms. The highest BCUT2D eigenvalue weighted by atomic mass is 16.5. The second-order valence-corrected chi connectivity index (χ2v) is 8.38. The number of para-hydroxylation sites is 1. The number of benzene rings is 3. The minimum absolute atomic E-state index is 0.0418. The van der Waals surface area contributed by atoms with Crippen molar-refractivity contribution in [2.45, 2.75) is 6.92 Å². The van der Waals surface area contributed by atoms with Crippen LogP contribution in [0.25, 0.3) is 22.8 Å². The van der Waals surface area contributed by atoms with Crippen molar-refractivity contribution >= 4 is 11.6 Å². The molecule has 0 atom stereocenters. The van der Waals surface area contributed by atoms with E-state index in [4.69, 9.17) is 14.0 Å². The minimum Gasteiger partial charge on any atom is -0.490 e. The molecule has 0 N–H and O–H groups in total. The van der Waals surface area contributed by atoms with Crippen molar-refractivity contribution in [2.24, 2.45) is 0 Å². The van der Waals surface area contributed by atoms with Crippen LogP contribution < -0.4 is 14.4 Å². The predicted octanol–water partition coefficient (Wildman–Crippen LogP) is 4.53. The second-order valence-electron chi connectivity index (χ2n) is 8.38. The second kappa shape index (κ2) is 10.9. The topological polar surface area (TPSA) is 80.9 Å². The Balaban J connectivity index is 1.22. The lowest BCUT2D eigenvalue weighted by Gasteiger charge is -2.36. The molecule has 1 aromatic heterocycles. The number of carbonyl (C=O) groups excluding carboxylic acids is 1. The summed E-state index contributed by atoms with van der Waals surface area (Å²) in [6.07, 6.45) is 0. The van der Waals surface area contributed by atoms with E-state index in [1.165, 1.54) is 5.69 Å². The Kier molecular flexibility index (Phi) is 7.12. The van der Waals surface area contributed by atoms with Gasteiger partial charge in [-0.3, -0.25) is 4.79 Å². The van der Waals surface area contributed by atoms with Gasteiger partial charge in [-0.05, 0) is 49.4 Å². The molecule has 0 saturated carbocycles. The normalized spacial score (nSPS) is 13.5. The molecule has 1 aliphatic heterocycles. The Morgan fingerprint density at radius 2 is 1.58 bits per heavy atom. The molecular weight excluding hydrogens is 456 g/mol. The number of carbonyl (C=O) groups is 1. The average molecular weight is 485 g/mol. The van der Waals surface area contributed by atoms with E-state index in [9.17, 15) is 4.79 Å².